The molecular formula is C14H20N2O2. The molecule has 0 bridgehead atoms. The molecule has 1 aromatic rings. The molecule has 4 nitrogen and oxygen atoms in total. The summed E-state index contributed by atoms with van der Waals surface area (Å²) in [5.74, 6) is 0.647. The molecule has 0 aromatic carbocycles. The van der Waals surface area contributed by atoms with E-state index in [0.717, 1.165) is 25.1 Å². The normalized spacial score (nSPS) is 22.4. The zero-order valence-electron chi connectivity index (χ0n) is 11.0. The van der Waals surface area contributed by atoms with Crippen molar-refractivity contribution >= 4 is 11.5 Å². The van der Waals surface area contributed by atoms with Gasteiger partial charge in [-0.05, 0) is 30.9 Å². The third kappa shape index (κ3) is 2.88. The monoisotopic (exact) mass is 248 g/mol. The van der Waals surface area contributed by atoms with Crippen LogP contribution in [0.3, 0.4) is 0 Å². The molecule has 1 fully saturated rings. The Morgan fingerprint density at radius 2 is 2.22 bits per heavy atom. The number of hydrogen-bond acceptors (Lipinski definition) is 4. The van der Waals surface area contributed by atoms with Crippen molar-refractivity contribution in [3.63, 3.8) is 0 Å². The number of hydrogen-bond donors (Lipinski definition) is 1. The number of pyridine rings is 1. The van der Waals surface area contributed by atoms with E-state index in [-0.39, 0.29) is 11.9 Å². The number of ketones is 1. The van der Waals surface area contributed by atoms with Crippen LogP contribution in [0.4, 0.5) is 5.69 Å². The largest absolute Gasteiger partial charge is 0.393 e. The van der Waals surface area contributed by atoms with Gasteiger partial charge in [0, 0.05) is 20.0 Å². The SMILES string of the molecule is CCC(=O)c1ccc(N(C)CC2CC(O)C2)cn1. The summed E-state index contributed by atoms with van der Waals surface area (Å²) in [4.78, 5) is 17.8. The molecular weight excluding hydrogens is 228 g/mol. The lowest BCUT2D eigenvalue weighted by molar-refractivity contribution is 0.0464. The summed E-state index contributed by atoms with van der Waals surface area (Å²) in [6.07, 6.45) is 3.92. The van der Waals surface area contributed by atoms with E-state index in [2.05, 4.69) is 9.88 Å². The second-order valence-corrected chi connectivity index (χ2v) is 5.05. The fourth-order valence-corrected chi connectivity index (χ4v) is 2.30. The molecule has 0 saturated heterocycles. The number of carbonyl (C=O) groups excluding carboxylic acids is 1. The smallest absolute Gasteiger partial charge is 0.180 e. The van der Waals surface area contributed by atoms with Gasteiger partial charge in [0.15, 0.2) is 5.78 Å². The van der Waals surface area contributed by atoms with Gasteiger partial charge in [-0.2, -0.15) is 0 Å². The van der Waals surface area contributed by atoms with E-state index in [1.807, 2.05) is 20.0 Å². The summed E-state index contributed by atoms with van der Waals surface area (Å²) in [7, 11) is 2.02. The van der Waals surface area contributed by atoms with Gasteiger partial charge >= 0.3 is 0 Å². The summed E-state index contributed by atoms with van der Waals surface area (Å²) in [5.41, 5.74) is 1.55. The van der Waals surface area contributed by atoms with Gasteiger partial charge in [-0.15, -0.1) is 0 Å². The number of aliphatic hydroxyl groups is 1. The van der Waals surface area contributed by atoms with Crippen molar-refractivity contribution in [2.45, 2.75) is 32.3 Å². The van der Waals surface area contributed by atoms with Crippen LogP contribution >= 0.6 is 0 Å². The molecule has 4 heteroatoms. The van der Waals surface area contributed by atoms with Crippen LogP contribution in [0.25, 0.3) is 0 Å². The Hall–Kier alpha value is -1.42. The number of aromatic nitrogens is 1. The van der Waals surface area contributed by atoms with Gasteiger partial charge in [-0.3, -0.25) is 9.78 Å². The number of aliphatic hydroxyl groups excluding tert-OH is 1. The third-order valence-electron chi connectivity index (χ3n) is 3.54. The number of rotatable bonds is 5. The molecule has 0 unspecified atom stereocenters. The molecule has 1 aliphatic carbocycles. The van der Waals surface area contributed by atoms with E-state index in [1.165, 1.54) is 0 Å². The van der Waals surface area contributed by atoms with Gasteiger partial charge in [0.05, 0.1) is 18.0 Å². The molecule has 18 heavy (non-hydrogen) atoms. The highest BCUT2D eigenvalue weighted by Crippen LogP contribution is 2.28. The Morgan fingerprint density at radius 1 is 1.50 bits per heavy atom. The second-order valence-electron chi connectivity index (χ2n) is 5.05. The highest BCUT2D eigenvalue weighted by molar-refractivity contribution is 5.94. The first-order valence-electron chi connectivity index (χ1n) is 6.48. The van der Waals surface area contributed by atoms with Crippen LogP contribution in [0.5, 0.6) is 0 Å². The Labute approximate surface area is 108 Å². The maximum atomic E-state index is 11.5. The lowest BCUT2D eigenvalue weighted by Crippen LogP contribution is -2.37. The average molecular weight is 248 g/mol. The Bertz CT molecular complexity index is 410. The number of anilines is 1. The van der Waals surface area contributed by atoms with Gasteiger partial charge < -0.3 is 10.0 Å². The number of nitrogens with zero attached hydrogens (tertiary/aromatic N) is 2. The maximum absolute atomic E-state index is 11.5. The Morgan fingerprint density at radius 3 is 2.72 bits per heavy atom. The number of carbonyl (C=O) groups is 1. The van der Waals surface area contributed by atoms with Crippen molar-refractivity contribution in [2.24, 2.45) is 5.92 Å². The quantitative estimate of drug-likeness (QED) is 0.808. The zero-order valence-corrected chi connectivity index (χ0v) is 11.0. The lowest BCUT2D eigenvalue weighted by Gasteiger charge is -2.35. The van der Waals surface area contributed by atoms with E-state index in [9.17, 15) is 9.90 Å². The van der Waals surface area contributed by atoms with Crippen molar-refractivity contribution in [3.05, 3.63) is 24.0 Å². The van der Waals surface area contributed by atoms with Crippen LogP contribution in [0, 0.1) is 5.92 Å². The first-order chi connectivity index (χ1) is 8.60. The number of Topliss-reactive ketones (excluding diaryl/α,β-unsaturated/α-hetero) is 1. The summed E-state index contributed by atoms with van der Waals surface area (Å²) >= 11 is 0. The molecule has 2 rings (SSSR count). The van der Waals surface area contributed by atoms with E-state index in [0.29, 0.717) is 18.0 Å². The van der Waals surface area contributed by atoms with Crippen molar-refractivity contribution in [1.82, 2.24) is 4.98 Å². The molecule has 1 heterocycles. The zero-order chi connectivity index (χ0) is 13.1. The Balaban J connectivity index is 1.94. The topological polar surface area (TPSA) is 53.4 Å². The molecule has 0 amide bonds. The van der Waals surface area contributed by atoms with E-state index < -0.39 is 0 Å². The molecule has 1 aliphatic rings. The van der Waals surface area contributed by atoms with Gasteiger partial charge in [-0.1, -0.05) is 6.92 Å². The summed E-state index contributed by atoms with van der Waals surface area (Å²) < 4.78 is 0. The van der Waals surface area contributed by atoms with Crippen LogP contribution in [-0.4, -0.2) is 35.6 Å². The van der Waals surface area contributed by atoms with Crippen molar-refractivity contribution in [3.8, 4) is 0 Å². The van der Waals surface area contributed by atoms with Crippen LogP contribution in [-0.2, 0) is 0 Å². The maximum Gasteiger partial charge on any atom is 0.180 e. The standard InChI is InChI=1S/C14H20N2O2/c1-3-14(18)13-5-4-11(8-15-13)16(2)9-10-6-12(17)7-10/h4-5,8,10,12,17H,3,6-7,9H2,1-2H3. The van der Waals surface area contributed by atoms with E-state index >= 15 is 0 Å². The van der Waals surface area contributed by atoms with Crippen LogP contribution in [0.2, 0.25) is 0 Å². The second kappa shape index (κ2) is 5.48. The van der Waals surface area contributed by atoms with E-state index in [1.54, 1.807) is 12.3 Å². The minimum absolute atomic E-state index is 0.0753. The van der Waals surface area contributed by atoms with Crippen molar-refractivity contribution in [1.29, 1.82) is 0 Å². The van der Waals surface area contributed by atoms with Gasteiger partial charge in [0.2, 0.25) is 0 Å². The minimum Gasteiger partial charge on any atom is -0.393 e. The predicted octanol–water partition coefficient (Wildman–Crippen LogP) is 1.88. The molecule has 0 atom stereocenters. The molecule has 0 radical (unpaired) electrons. The van der Waals surface area contributed by atoms with Gasteiger partial charge in [-0.25, -0.2) is 0 Å². The molecule has 98 valence electrons. The molecule has 1 N–H and O–H groups in total. The lowest BCUT2D eigenvalue weighted by atomic mass is 9.82. The fourth-order valence-electron chi connectivity index (χ4n) is 2.30. The van der Waals surface area contributed by atoms with E-state index in [4.69, 9.17) is 0 Å². The van der Waals surface area contributed by atoms with Crippen molar-refractivity contribution < 1.29 is 9.90 Å². The van der Waals surface area contributed by atoms with Crippen LogP contribution in [0.15, 0.2) is 18.3 Å². The molecule has 1 aromatic heterocycles. The highest BCUT2D eigenvalue weighted by atomic mass is 16.3. The Kier molecular flexibility index (Phi) is 3.97. The predicted molar refractivity (Wildman–Crippen MR) is 70.9 cm³/mol. The van der Waals surface area contributed by atoms with Crippen LogP contribution in [0.1, 0.15) is 36.7 Å². The molecule has 1 saturated carbocycles. The average Bonchev–Trinajstić information content (AvgIpc) is 2.36. The third-order valence-corrected chi connectivity index (χ3v) is 3.54. The van der Waals surface area contributed by atoms with Gasteiger partial charge in [0.1, 0.15) is 5.69 Å². The van der Waals surface area contributed by atoms with Crippen molar-refractivity contribution in [2.75, 3.05) is 18.5 Å². The van der Waals surface area contributed by atoms with Crippen LogP contribution < -0.4 is 4.90 Å². The molecule has 0 aliphatic heterocycles. The van der Waals surface area contributed by atoms with Gasteiger partial charge in [0.25, 0.3) is 0 Å². The summed E-state index contributed by atoms with van der Waals surface area (Å²) in [6.45, 7) is 2.77. The fraction of sp³-hybridized carbons (Fsp3) is 0.571. The first kappa shape index (κ1) is 13.0. The first-order valence-corrected chi connectivity index (χ1v) is 6.48. The highest BCUT2D eigenvalue weighted by Gasteiger charge is 2.28. The summed E-state index contributed by atoms with van der Waals surface area (Å²) in [5, 5.41) is 9.26. The molecule has 0 spiro atoms. The minimum atomic E-state index is -0.105. The summed E-state index contributed by atoms with van der Waals surface area (Å²) in [6, 6.07) is 3.72.